The average Bonchev–Trinajstić information content (AvgIpc) is 3.66. The second-order valence-corrected chi connectivity index (χ2v) is 12.0. The van der Waals surface area contributed by atoms with Crippen molar-refractivity contribution in [2.24, 2.45) is 5.92 Å². The fraction of sp³-hybridized carbons (Fsp3) is 0.517. The highest BCUT2D eigenvalue weighted by molar-refractivity contribution is 7.17. The van der Waals surface area contributed by atoms with E-state index < -0.39 is 12.1 Å². The summed E-state index contributed by atoms with van der Waals surface area (Å²) >= 11 is 1.39. The number of Topliss-reactive ketones (excluding diaryl/α,β-unsaturated/α-hetero) is 1. The van der Waals surface area contributed by atoms with Crippen molar-refractivity contribution in [3.05, 3.63) is 47.3 Å². The van der Waals surface area contributed by atoms with Gasteiger partial charge in [-0.25, -0.2) is 0 Å². The van der Waals surface area contributed by atoms with Crippen molar-refractivity contribution in [3.8, 4) is 10.4 Å². The van der Waals surface area contributed by atoms with Crippen LogP contribution in [0.15, 0.2) is 42.5 Å². The minimum absolute atomic E-state index is 0.0289. The van der Waals surface area contributed by atoms with Crippen LogP contribution in [0.3, 0.4) is 0 Å². The van der Waals surface area contributed by atoms with E-state index in [-0.39, 0.29) is 48.1 Å². The number of thiophene rings is 1. The molecule has 0 bridgehead atoms. The van der Waals surface area contributed by atoms with Crippen molar-refractivity contribution < 1.29 is 19.2 Å². The molecule has 0 radical (unpaired) electrons. The molecule has 0 spiro atoms. The third kappa shape index (κ3) is 5.40. The molecule has 3 fully saturated rings. The second-order valence-electron chi connectivity index (χ2n) is 11.0. The standard InChI is InChI=1S/C29H36N4O4S/c1-18(2)16-21(31-27(35)25-12-11-24(38-25)19-8-4-3-5-9-19)29(37)32-15-13-22-26(32)23(34)17-33(22)28(36)20-10-6-7-14-30-20/h3-5,8-9,11-12,18,20-22,26,30H,6-7,10,13-17H2,1-2H3,(H,31,35). The van der Waals surface area contributed by atoms with E-state index in [2.05, 4.69) is 10.6 Å². The summed E-state index contributed by atoms with van der Waals surface area (Å²) in [5.74, 6) is -0.479. The van der Waals surface area contributed by atoms with Crippen molar-refractivity contribution in [3.63, 3.8) is 0 Å². The second kappa shape index (κ2) is 11.4. The van der Waals surface area contributed by atoms with Crippen LogP contribution in [-0.4, -0.2) is 77.1 Å². The SMILES string of the molecule is CC(C)CC(NC(=O)c1ccc(-c2ccccc2)s1)C(=O)N1CCC2C1C(=O)CN2C(=O)C1CCCCN1. The Bertz CT molecular complexity index is 1190. The van der Waals surface area contributed by atoms with Gasteiger partial charge in [0.25, 0.3) is 5.91 Å². The first kappa shape index (κ1) is 26.6. The summed E-state index contributed by atoms with van der Waals surface area (Å²) in [6, 6.07) is 11.7. The van der Waals surface area contributed by atoms with Crippen molar-refractivity contribution in [1.82, 2.24) is 20.4 Å². The molecule has 3 amide bonds. The number of likely N-dealkylation sites (tertiary alicyclic amines) is 2. The fourth-order valence-electron chi connectivity index (χ4n) is 5.96. The maximum absolute atomic E-state index is 13.8. The summed E-state index contributed by atoms with van der Waals surface area (Å²) < 4.78 is 0. The number of fused-ring (bicyclic) bond motifs is 1. The van der Waals surface area contributed by atoms with Gasteiger partial charge in [0.05, 0.1) is 23.5 Å². The van der Waals surface area contributed by atoms with Gasteiger partial charge in [0.2, 0.25) is 11.8 Å². The number of benzene rings is 1. The zero-order valence-corrected chi connectivity index (χ0v) is 22.8. The minimum atomic E-state index is -0.735. The first-order chi connectivity index (χ1) is 18.3. The molecule has 1 aromatic carbocycles. The number of nitrogens with zero attached hydrogens (tertiary/aromatic N) is 2. The summed E-state index contributed by atoms with van der Waals surface area (Å²) in [6.07, 6.45) is 3.88. The van der Waals surface area contributed by atoms with Gasteiger partial charge in [-0.3, -0.25) is 19.2 Å². The Morgan fingerprint density at radius 1 is 1.05 bits per heavy atom. The normalized spacial score (nSPS) is 24.0. The van der Waals surface area contributed by atoms with Crippen LogP contribution in [0.2, 0.25) is 0 Å². The molecule has 202 valence electrons. The first-order valence-corrected chi connectivity index (χ1v) is 14.5. The Morgan fingerprint density at radius 2 is 1.84 bits per heavy atom. The Kier molecular flexibility index (Phi) is 7.95. The van der Waals surface area contributed by atoms with Crippen LogP contribution in [0.1, 0.15) is 55.6 Å². The minimum Gasteiger partial charge on any atom is -0.340 e. The lowest BCUT2D eigenvalue weighted by Crippen LogP contribution is -2.53. The van der Waals surface area contributed by atoms with Gasteiger partial charge in [0, 0.05) is 11.4 Å². The largest absolute Gasteiger partial charge is 0.340 e. The molecular weight excluding hydrogens is 500 g/mol. The predicted molar refractivity (Wildman–Crippen MR) is 147 cm³/mol. The topological polar surface area (TPSA) is 98.8 Å². The van der Waals surface area contributed by atoms with E-state index >= 15 is 0 Å². The lowest BCUT2D eigenvalue weighted by atomic mass is 10.0. The summed E-state index contributed by atoms with van der Waals surface area (Å²) in [4.78, 5) is 58.1. The number of amides is 3. The molecule has 4 atom stereocenters. The third-order valence-electron chi connectivity index (χ3n) is 7.80. The highest BCUT2D eigenvalue weighted by Crippen LogP contribution is 2.32. The molecule has 8 nitrogen and oxygen atoms in total. The van der Waals surface area contributed by atoms with Crippen LogP contribution in [0.4, 0.5) is 0 Å². The Hall–Kier alpha value is -3.04. The number of piperidine rings is 1. The van der Waals surface area contributed by atoms with Crippen LogP contribution in [0, 0.1) is 5.92 Å². The monoisotopic (exact) mass is 536 g/mol. The van der Waals surface area contributed by atoms with E-state index in [4.69, 9.17) is 0 Å². The summed E-state index contributed by atoms with van der Waals surface area (Å²) in [5, 5.41) is 6.25. The molecule has 0 saturated carbocycles. The van der Waals surface area contributed by atoms with E-state index in [0.29, 0.717) is 24.3 Å². The number of carbonyl (C=O) groups excluding carboxylic acids is 4. The van der Waals surface area contributed by atoms with Crippen LogP contribution < -0.4 is 10.6 Å². The van der Waals surface area contributed by atoms with Gasteiger partial charge in [-0.2, -0.15) is 0 Å². The van der Waals surface area contributed by atoms with E-state index in [1.807, 2.05) is 50.2 Å². The fourth-order valence-corrected chi connectivity index (χ4v) is 6.88. The van der Waals surface area contributed by atoms with Crippen LogP contribution in [0.5, 0.6) is 0 Å². The zero-order chi connectivity index (χ0) is 26.8. The molecule has 3 aliphatic rings. The maximum Gasteiger partial charge on any atom is 0.262 e. The number of hydrogen-bond donors (Lipinski definition) is 2. The van der Waals surface area contributed by atoms with Gasteiger partial charge < -0.3 is 20.4 Å². The van der Waals surface area contributed by atoms with E-state index in [1.54, 1.807) is 15.9 Å². The Labute approximate surface area is 227 Å². The van der Waals surface area contributed by atoms with Crippen LogP contribution in [-0.2, 0) is 14.4 Å². The molecule has 38 heavy (non-hydrogen) atoms. The third-order valence-corrected chi connectivity index (χ3v) is 8.93. The molecule has 4 heterocycles. The highest BCUT2D eigenvalue weighted by atomic mass is 32.1. The van der Waals surface area contributed by atoms with Crippen molar-refractivity contribution in [1.29, 1.82) is 0 Å². The molecule has 5 rings (SSSR count). The summed E-state index contributed by atoms with van der Waals surface area (Å²) in [5.41, 5.74) is 1.04. The molecule has 4 unspecified atom stereocenters. The predicted octanol–water partition coefficient (Wildman–Crippen LogP) is 3.08. The molecule has 3 aliphatic heterocycles. The van der Waals surface area contributed by atoms with Crippen LogP contribution in [0.25, 0.3) is 10.4 Å². The molecular formula is C29H36N4O4S. The van der Waals surface area contributed by atoms with Gasteiger partial charge >= 0.3 is 0 Å². The van der Waals surface area contributed by atoms with Crippen molar-refractivity contribution in [2.45, 2.75) is 70.1 Å². The van der Waals surface area contributed by atoms with Gasteiger partial charge in [-0.05, 0) is 55.8 Å². The molecule has 1 aromatic heterocycles. The highest BCUT2D eigenvalue weighted by Gasteiger charge is 2.53. The van der Waals surface area contributed by atoms with Crippen molar-refractivity contribution in [2.75, 3.05) is 19.6 Å². The summed E-state index contributed by atoms with van der Waals surface area (Å²) in [6.45, 7) is 5.29. The van der Waals surface area contributed by atoms with Gasteiger partial charge in [-0.1, -0.05) is 50.6 Å². The quantitative estimate of drug-likeness (QED) is 0.567. The summed E-state index contributed by atoms with van der Waals surface area (Å²) in [7, 11) is 0. The number of nitrogens with one attached hydrogen (secondary N) is 2. The molecule has 2 aromatic rings. The van der Waals surface area contributed by atoms with E-state index in [0.717, 1.165) is 36.2 Å². The number of carbonyl (C=O) groups is 4. The number of rotatable bonds is 7. The lowest BCUT2D eigenvalue weighted by Gasteiger charge is -2.31. The van der Waals surface area contributed by atoms with E-state index in [9.17, 15) is 19.2 Å². The average molecular weight is 537 g/mol. The first-order valence-electron chi connectivity index (χ1n) is 13.7. The Balaban J connectivity index is 1.29. The molecule has 0 aliphatic carbocycles. The van der Waals surface area contributed by atoms with Gasteiger partial charge in [0.1, 0.15) is 12.1 Å². The number of hydrogen-bond acceptors (Lipinski definition) is 6. The lowest BCUT2D eigenvalue weighted by molar-refractivity contribution is -0.138. The molecule has 9 heteroatoms. The maximum atomic E-state index is 13.8. The van der Waals surface area contributed by atoms with E-state index in [1.165, 1.54) is 11.3 Å². The van der Waals surface area contributed by atoms with Gasteiger partial charge in [-0.15, -0.1) is 11.3 Å². The van der Waals surface area contributed by atoms with Crippen LogP contribution >= 0.6 is 11.3 Å². The molecule has 3 saturated heterocycles. The smallest absolute Gasteiger partial charge is 0.262 e. The van der Waals surface area contributed by atoms with Gasteiger partial charge in [0.15, 0.2) is 5.78 Å². The Morgan fingerprint density at radius 3 is 2.55 bits per heavy atom. The molecule has 2 N–H and O–H groups in total. The van der Waals surface area contributed by atoms with Crippen molar-refractivity contribution >= 4 is 34.8 Å². The zero-order valence-electron chi connectivity index (χ0n) is 22.0. The number of ketones is 1.